The highest BCUT2D eigenvalue weighted by Crippen LogP contribution is 2.21. The maximum Gasteiger partial charge on any atom is 0.160 e. The van der Waals surface area contributed by atoms with Gasteiger partial charge in [0.2, 0.25) is 0 Å². The lowest BCUT2D eigenvalue weighted by atomic mass is 10.1. The van der Waals surface area contributed by atoms with Gasteiger partial charge in [-0.1, -0.05) is 0 Å². The molecule has 0 aliphatic rings. The molecule has 0 unspecified atom stereocenters. The van der Waals surface area contributed by atoms with Crippen LogP contribution in [-0.2, 0) is 0 Å². The van der Waals surface area contributed by atoms with Gasteiger partial charge in [-0.2, -0.15) is 0 Å². The van der Waals surface area contributed by atoms with Crippen LogP contribution in [0.4, 0.5) is 0 Å². The van der Waals surface area contributed by atoms with E-state index < -0.39 is 0 Å². The molecule has 3 aromatic rings. The third-order valence-electron chi connectivity index (χ3n) is 2.94. The first-order valence-electron chi connectivity index (χ1n) is 6.81. The predicted molar refractivity (Wildman–Crippen MR) is 80.4 cm³/mol. The molecule has 0 bridgehead atoms. The first kappa shape index (κ1) is 13.3. The number of hydrogen-bond acceptors (Lipinski definition) is 4. The summed E-state index contributed by atoms with van der Waals surface area (Å²) in [6.45, 7) is 4.02. The zero-order chi connectivity index (χ0) is 14.7. The third kappa shape index (κ3) is 3.08. The van der Waals surface area contributed by atoms with E-state index >= 15 is 0 Å². The lowest BCUT2D eigenvalue weighted by Crippen LogP contribution is -2.05. The molecule has 0 atom stereocenters. The average Bonchev–Trinajstić information content (AvgIpc) is 3.02. The van der Waals surface area contributed by atoms with Crippen molar-refractivity contribution < 1.29 is 4.74 Å². The van der Waals surface area contributed by atoms with E-state index in [9.17, 15) is 0 Å². The minimum atomic E-state index is 0.171. The van der Waals surface area contributed by atoms with Crippen molar-refractivity contribution in [1.29, 1.82) is 0 Å². The Bertz CT molecular complexity index is 688. The maximum absolute atomic E-state index is 5.63. The largest absolute Gasteiger partial charge is 0.491 e. The van der Waals surface area contributed by atoms with Crippen molar-refractivity contribution in [2.24, 2.45) is 0 Å². The fourth-order valence-electron chi connectivity index (χ4n) is 1.99. The second kappa shape index (κ2) is 5.75. The van der Waals surface area contributed by atoms with Crippen LogP contribution in [0.2, 0.25) is 0 Å². The van der Waals surface area contributed by atoms with Gasteiger partial charge in [-0.3, -0.25) is 4.57 Å². The zero-order valence-electron chi connectivity index (χ0n) is 12.0. The first-order chi connectivity index (χ1) is 10.2. The second-order valence-corrected chi connectivity index (χ2v) is 4.94. The summed E-state index contributed by atoms with van der Waals surface area (Å²) in [4.78, 5) is 3.99. The number of benzene rings is 1. The van der Waals surface area contributed by atoms with E-state index in [1.807, 2.05) is 61.0 Å². The van der Waals surface area contributed by atoms with E-state index in [0.717, 1.165) is 22.8 Å². The van der Waals surface area contributed by atoms with Gasteiger partial charge in [-0.25, -0.2) is 4.98 Å². The molecule has 0 N–H and O–H groups in total. The average molecular weight is 280 g/mol. The summed E-state index contributed by atoms with van der Waals surface area (Å²) in [6, 6.07) is 11.7. The van der Waals surface area contributed by atoms with Gasteiger partial charge in [-0.15, -0.1) is 10.2 Å². The summed E-state index contributed by atoms with van der Waals surface area (Å²) in [5.74, 6) is 1.60. The number of ether oxygens (including phenoxy) is 1. The van der Waals surface area contributed by atoms with Crippen molar-refractivity contribution in [1.82, 2.24) is 19.7 Å². The van der Waals surface area contributed by atoms with Gasteiger partial charge in [-0.05, 0) is 50.2 Å². The van der Waals surface area contributed by atoms with E-state index in [4.69, 9.17) is 4.74 Å². The van der Waals surface area contributed by atoms with E-state index in [1.54, 1.807) is 12.5 Å². The monoisotopic (exact) mass is 280 g/mol. The minimum absolute atomic E-state index is 0.171. The summed E-state index contributed by atoms with van der Waals surface area (Å²) in [5.41, 5.74) is 1.84. The lowest BCUT2D eigenvalue weighted by molar-refractivity contribution is 0.242. The Morgan fingerprint density at radius 2 is 1.81 bits per heavy atom. The van der Waals surface area contributed by atoms with Crippen molar-refractivity contribution in [3.63, 3.8) is 0 Å². The Morgan fingerprint density at radius 1 is 1.00 bits per heavy atom. The van der Waals surface area contributed by atoms with Crippen LogP contribution >= 0.6 is 0 Å². The lowest BCUT2D eigenvalue weighted by Gasteiger charge is -2.10. The van der Waals surface area contributed by atoms with Gasteiger partial charge >= 0.3 is 0 Å². The molecule has 21 heavy (non-hydrogen) atoms. The van der Waals surface area contributed by atoms with Crippen molar-refractivity contribution >= 4 is 0 Å². The molecule has 1 aromatic carbocycles. The van der Waals surface area contributed by atoms with Crippen LogP contribution in [0.3, 0.4) is 0 Å². The number of hydrogen-bond donors (Lipinski definition) is 0. The van der Waals surface area contributed by atoms with E-state index in [-0.39, 0.29) is 6.10 Å². The molecule has 0 saturated carbocycles. The molecule has 0 aliphatic carbocycles. The van der Waals surface area contributed by atoms with E-state index in [1.165, 1.54) is 0 Å². The molecule has 2 heterocycles. The number of rotatable bonds is 4. The fourth-order valence-corrected chi connectivity index (χ4v) is 1.99. The molecule has 0 amide bonds. The summed E-state index contributed by atoms with van der Waals surface area (Å²) < 4.78 is 7.44. The van der Waals surface area contributed by atoms with Gasteiger partial charge in [0.1, 0.15) is 12.1 Å². The van der Waals surface area contributed by atoms with E-state index in [0.29, 0.717) is 0 Å². The number of nitrogens with zero attached hydrogens (tertiary/aromatic N) is 4. The summed E-state index contributed by atoms with van der Waals surface area (Å²) in [6.07, 6.45) is 5.41. The molecule has 5 nitrogen and oxygen atoms in total. The van der Waals surface area contributed by atoms with Crippen molar-refractivity contribution in [3.05, 3.63) is 55.1 Å². The quantitative estimate of drug-likeness (QED) is 0.737. The van der Waals surface area contributed by atoms with Crippen LogP contribution in [0, 0.1) is 0 Å². The highest BCUT2D eigenvalue weighted by Gasteiger charge is 2.03. The molecule has 106 valence electrons. The molecule has 2 aromatic heterocycles. The summed E-state index contributed by atoms with van der Waals surface area (Å²) in [5, 5.41) is 8.47. The molecule has 3 rings (SSSR count). The summed E-state index contributed by atoms with van der Waals surface area (Å²) >= 11 is 0. The molecule has 5 heteroatoms. The Kier molecular flexibility index (Phi) is 3.64. The van der Waals surface area contributed by atoms with Crippen LogP contribution < -0.4 is 4.74 Å². The van der Waals surface area contributed by atoms with Gasteiger partial charge in [0, 0.05) is 18.0 Å². The van der Waals surface area contributed by atoms with Crippen LogP contribution in [-0.4, -0.2) is 25.9 Å². The molecule has 0 spiro atoms. The highest BCUT2D eigenvalue weighted by atomic mass is 16.5. The Morgan fingerprint density at radius 3 is 2.38 bits per heavy atom. The second-order valence-electron chi connectivity index (χ2n) is 4.94. The topological polar surface area (TPSA) is 52.8 Å². The van der Waals surface area contributed by atoms with Gasteiger partial charge < -0.3 is 4.74 Å². The molecule has 0 saturated heterocycles. The molecular weight excluding hydrogens is 264 g/mol. The SMILES string of the molecule is CC(C)Oc1ccc(-c2ccc(-n3ccnc3)nn2)cc1. The standard InChI is InChI=1S/C16H16N4O/c1-12(2)21-14-5-3-13(4-6-14)15-7-8-16(19-18-15)20-10-9-17-11-20/h3-12H,1-2H3. The normalized spacial score (nSPS) is 10.8. The molecular formula is C16H16N4O. The predicted octanol–water partition coefficient (Wildman–Crippen LogP) is 3.12. The minimum Gasteiger partial charge on any atom is -0.491 e. The van der Waals surface area contributed by atoms with E-state index in [2.05, 4.69) is 15.2 Å². The van der Waals surface area contributed by atoms with Crippen molar-refractivity contribution in [2.75, 3.05) is 0 Å². The van der Waals surface area contributed by atoms with Gasteiger partial charge in [0.05, 0.1) is 11.8 Å². The first-order valence-corrected chi connectivity index (χ1v) is 6.81. The molecule has 0 fully saturated rings. The Labute approximate surface area is 123 Å². The number of imidazole rings is 1. The fraction of sp³-hybridized carbons (Fsp3) is 0.188. The molecule has 0 radical (unpaired) electrons. The summed E-state index contributed by atoms with van der Waals surface area (Å²) in [7, 11) is 0. The number of aromatic nitrogens is 4. The molecule has 0 aliphatic heterocycles. The van der Waals surface area contributed by atoms with Gasteiger partial charge in [0.25, 0.3) is 0 Å². The van der Waals surface area contributed by atoms with Crippen molar-refractivity contribution in [2.45, 2.75) is 20.0 Å². The van der Waals surface area contributed by atoms with Crippen LogP contribution in [0.15, 0.2) is 55.1 Å². The maximum atomic E-state index is 5.63. The van der Waals surface area contributed by atoms with Gasteiger partial charge in [0.15, 0.2) is 5.82 Å². The third-order valence-corrected chi connectivity index (χ3v) is 2.94. The smallest absolute Gasteiger partial charge is 0.160 e. The van der Waals surface area contributed by atoms with Crippen molar-refractivity contribution in [3.8, 4) is 22.8 Å². The van der Waals surface area contributed by atoms with Crippen LogP contribution in [0.1, 0.15) is 13.8 Å². The van der Waals surface area contributed by atoms with Crippen LogP contribution in [0.5, 0.6) is 5.75 Å². The van der Waals surface area contributed by atoms with Crippen LogP contribution in [0.25, 0.3) is 17.1 Å². The Hall–Kier alpha value is -2.69. The highest BCUT2D eigenvalue weighted by molar-refractivity contribution is 5.59. The zero-order valence-corrected chi connectivity index (χ0v) is 12.0. The Balaban J connectivity index is 1.80.